The van der Waals surface area contributed by atoms with Gasteiger partial charge in [0.1, 0.15) is 23.0 Å². The first kappa shape index (κ1) is 14.4. The van der Waals surface area contributed by atoms with Gasteiger partial charge in [0.15, 0.2) is 0 Å². The van der Waals surface area contributed by atoms with Crippen LogP contribution in [0.15, 0.2) is 48.5 Å². The lowest BCUT2D eigenvalue weighted by Gasteiger charge is -2.07. The van der Waals surface area contributed by atoms with E-state index in [1.165, 1.54) is 12.1 Å². The number of nitrogens with zero attached hydrogens (tertiary/aromatic N) is 1. The van der Waals surface area contributed by atoms with Gasteiger partial charge in [-0.3, -0.25) is 4.79 Å². The lowest BCUT2D eigenvalue weighted by atomic mass is 10.2. The van der Waals surface area contributed by atoms with E-state index in [0.717, 1.165) is 17.5 Å². The Morgan fingerprint density at radius 1 is 1.05 bits per heavy atom. The second-order valence-corrected chi connectivity index (χ2v) is 5.02. The van der Waals surface area contributed by atoms with Crippen LogP contribution in [0.4, 0.5) is 14.5 Å². The van der Waals surface area contributed by atoms with E-state index in [4.69, 9.17) is 11.6 Å². The Bertz CT molecular complexity index is 863. The Morgan fingerprint density at radius 2 is 1.73 bits per heavy atom. The van der Waals surface area contributed by atoms with Gasteiger partial charge in [-0.2, -0.15) is 0 Å². The first-order valence-electron chi connectivity index (χ1n) is 6.36. The number of anilines is 1. The zero-order valence-corrected chi connectivity index (χ0v) is 11.9. The highest BCUT2D eigenvalue weighted by atomic mass is 35.5. The quantitative estimate of drug-likeness (QED) is 0.760. The number of aromatic nitrogens is 1. The molecule has 0 saturated carbocycles. The molecule has 6 heteroatoms. The molecule has 0 aliphatic carbocycles. The van der Waals surface area contributed by atoms with Crippen molar-refractivity contribution in [2.75, 3.05) is 5.32 Å². The summed E-state index contributed by atoms with van der Waals surface area (Å²) in [5, 5.41) is 3.48. The molecule has 1 N–H and O–H groups in total. The fourth-order valence-corrected chi connectivity index (χ4v) is 2.18. The smallest absolute Gasteiger partial charge is 0.274 e. The van der Waals surface area contributed by atoms with Crippen molar-refractivity contribution in [1.29, 1.82) is 0 Å². The number of halogens is 3. The predicted octanol–water partition coefficient (Wildman–Crippen LogP) is 4.42. The average molecular weight is 319 g/mol. The van der Waals surface area contributed by atoms with Crippen LogP contribution in [0, 0.1) is 11.6 Å². The van der Waals surface area contributed by atoms with Crippen LogP contribution in [0.5, 0.6) is 0 Å². The molecule has 2 aromatic carbocycles. The molecule has 0 aliphatic rings. The minimum absolute atomic E-state index is 0.0393. The van der Waals surface area contributed by atoms with Gasteiger partial charge < -0.3 is 5.32 Å². The van der Waals surface area contributed by atoms with E-state index in [2.05, 4.69) is 10.3 Å². The third-order valence-corrected chi connectivity index (χ3v) is 3.32. The number of hydrogen-bond acceptors (Lipinski definition) is 2. The highest BCUT2D eigenvalue weighted by Gasteiger charge is 2.14. The Balaban J connectivity index is 1.95. The Kier molecular flexibility index (Phi) is 3.73. The molecule has 1 heterocycles. The Morgan fingerprint density at radius 3 is 2.45 bits per heavy atom. The Hall–Kier alpha value is -2.53. The van der Waals surface area contributed by atoms with Crippen LogP contribution >= 0.6 is 11.6 Å². The largest absolute Gasteiger partial charge is 0.316 e. The number of hydrogen-bond donors (Lipinski definition) is 1. The zero-order valence-electron chi connectivity index (χ0n) is 11.1. The number of benzene rings is 2. The molecule has 0 unspecified atom stereocenters. The molecular formula is C16H9ClF2N2O. The van der Waals surface area contributed by atoms with Crippen molar-refractivity contribution in [2.24, 2.45) is 0 Å². The first-order valence-corrected chi connectivity index (χ1v) is 6.74. The molecule has 3 rings (SSSR count). The number of para-hydroxylation sites is 1. The van der Waals surface area contributed by atoms with Crippen molar-refractivity contribution in [2.45, 2.75) is 0 Å². The molecule has 0 spiro atoms. The van der Waals surface area contributed by atoms with Crippen molar-refractivity contribution in [3.8, 4) is 0 Å². The molecule has 0 atom stereocenters. The van der Waals surface area contributed by atoms with Crippen molar-refractivity contribution < 1.29 is 13.6 Å². The number of rotatable bonds is 2. The average Bonchev–Trinajstić information content (AvgIpc) is 2.50. The van der Waals surface area contributed by atoms with Crippen LogP contribution in [-0.4, -0.2) is 10.9 Å². The summed E-state index contributed by atoms with van der Waals surface area (Å²) in [4.78, 5) is 16.3. The van der Waals surface area contributed by atoms with Crippen molar-refractivity contribution in [3.05, 3.63) is 70.9 Å². The molecule has 110 valence electrons. The van der Waals surface area contributed by atoms with Gasteiger partial charge in [-0.05, 0) is 30.3 Å². The summed E-state index contributed by atoms with van der Waals surface area (Å²) in [6, 6.07) is 11.6. The van der Waals surface area contributed by atoms with E-state index in [1.54, 1.807) is 24.3 Å². The number of pyridine rings is 1. The van der Waals surface area contributed by atoms with Crippen molar-refractivity contribution in [3.63, 3.8) is 0 Å². The molecule has 3 nitrogen and oxygen atoms in total. The minimum Gasteiger partial charge on any atom is -0.316 e. The molecule has 0 radical (unpaired) electrons. The minimum atomic E-state index is -0.850. The molecule has 1 aromatic heterocycles. The van der Waals surface area contributed by atoms with Gasteiger partial charge in [-0.25, -0.2) is 13.8 Å². The fourth-order valence-electron chi connectivity index (χ4n) is 2.01. The van der Waals surface area contributed by atoms with E-state index in [-0.39, 0.29) is 5.69 Å². The standard InChI is InChI=1S/C16H9ClF2N2O/c17-10-6-4-9-5-7-13(20-14(9)8-10)16(22)21-15-11(18)2-1-3-12(15)19/h1-8H,(H,21,22). The first-order chi connectivity index (χ1) is 10.5. The van der Waals surface area contributed by atoms with Gasteiger partial charge in [0.25, 0.3) is 5.91 Å². The zero-order chi connectivity index (χ0) is 15.7. The molecular weight excluding hydrogens is 310 g/mol. The molecule has 1 amide bonds. The molecule has 0 bridgehead atoms. The molecule has 22 heavy (non-hydrogen) atoms. The van der Waals surface area contributed by atoms with Crippen LogP contribution in [0.2, 0.25) is 5.02 Å². The lowest BCUT2D eigenvalue weighted by Crippen LogP contribution is -2.15. The lowest BCUT2D eigenvalue weighted by molar-refractivity contribution is 0.102. The van der Waals surface area contributed by atoms with Crippen LogP contribution < -0.4 is 5.32 Å². The molecule has 0 saturated heterocycles. The second-order valence-electron chi connectivity index (χ2n) is 4.58. The monoisotopic (exact) mass is 318 g/mol. The van der Waals surface area contributed by atoms with E-state index in [1.807, 2.05) is 0 Å². The maximum Gasteiger partial charge on any atom is 0.274 e. The van der Waals surface area contributed by atoms with Crippen molar-refractivity contribution >= 4 is 34.1 Å². The Labute approximate surface area is 129 Å². The summed E-state index contributed by atoms with van der Waals surface area (Å²) in [6.45, 7) is 0. The summed E-state index contributed by atoms with van der Waals surface area (Å²) in [6.07, 6.45) is 0. The predicted molar refractivity (Wildman–Crippen MR) is 81.1 cm³/mol. The van der Waals surface area contributed by atoms with Crippen molar-refractivity contribution in [1.82, 2.24) is 4.98 Å². The SMILES string of the molecule is O=C(Nc1c(F)cccc1F)c1ccc2ccc(Cl)cc2n1. The summed E-state index contributed by atoms with van der Waals surface area (Å²) < 4.78 is 27.1. The van der Waals surface area contributed by atoms with Crippen LogP contribution in [0.25, 0.3) is 10.9 Å². The van der Waals surface area contributed by atoms with Gasteiger partial charge >= 0.3 is 0 Å². The summed E-state index contributed by atoms with van der Waals surface area (Å²) in [5.74, 6) is -2.40. The van der Waals surface area contributed by atoms with Crippen LogP contribution in [0.1, 0.15) is 10.5 Å². The van der Waals surface area contributed by atoms with E-state index in [0.29, 0.717) is 10.5 Å². The highest BCUT2D eigenvalue weighted by Crippen LogP contribution is 2.21. The third kappa shape index (κ3) is 2.76. The van der Waals surface area contributed by atoms with Crippen LogP contribution in [0.3, 0.4) is 0 Å². The normalized spacial score (nSPS) is 10.7. The fraction of sp³-hybridized carbons (Fsp3) is 0. The van der Waals surface area contributed by atoms with Gasteiger partial charge in [0.05, 0.1) is 5.52 Å². The van der Waals surface area contributed by atoms with Crippen LogP contribution in [-0.2, 0) is 0 Å². The molecule has 0 aliphatic heterocycles. The van der Waals surface area contributed by atoms with Gasteiger partial charge in [-0.1, -0.05) is 29.8 Å². The summed E-state index contributed by atoms with van der Waals surface area (Å²) in [7, 11) is 0. The van der Waals surface area contributed by atoms with Gasteiger partial charge in [0.2, 0.25) is 0 Å². The number of nitrogens with one attached hydrogen (secondary N) is 1. The van der Waals surface area contributed by atoms with E-state index >= 15 is 0 Å². The van der Waals surface area contributed by atoms with E-state index < -0.39 is 23.2 Å². The maximum atomic E-state index is 13.5. The van der Waals surface area contributed by atoms with E-state index in [9.17, 15) is 13.6 Å². The number of carbonyl (C=O) groups excluding carboxylic acids is 1. The number of amides is 1. The second kappa shape index (κ2) is 5.69. The number of fused-ring (bicyclic) bond motifs is 1. The molecule has 3 aromatic rings. The summed E-state index contributed by atoms with van der Waals surface area (Å²) in [5.41, 5.74) is 0.0621. The highest BCUT2D eigenvalue weighted by molar-refractivity contribution is 6.31. The maximum absolute atomic E-state index is 13.5. The summed E-state index contributed by atoms with van der Waals surface area (Å²) >= 11 is 5.88. The van der Waals surface area contributed by atoms with Gasteiger partial charge in [-0.15, -0.1) is 0 Å². The third-order valence-electron chi connectivity index (χ3n) is 3.09. The topological polar surface area (TPSA) is 42.0 Å². The number of carbonyl (C=O) groups is 1. The molecule has 0 fully saturated rings. The van der Waals surface area contributed by atoms with Gasteiger partial charge in [0, 0.05) is 10.4 Å².